The third kappa shape index (κ3) is 5.11. The molecule has 0 fully saturated rings. The van der Waals surface area contributed by atoms with E-state index in [4.69, 9.17) is 9.15 Å². The summed E-state index contributed by atoms with van der Waals surface area (Å²) in [7, 11) is -0.219. The van der Waals surface area contributed by atoms with E-state index >= 15 is 0 Å². The van der Waals surface area contributed by atoms with Gasteiger partial charge in [-0.05, 0) is 67.7 Å². The molecule has 2 aromatic rings. The van der Waals surface area contributed by atoms with Crippen molar-refractivity contribution < 1.29 is 13.9 Å². The number of fused-ring (bicyclic) bond motifs is 2. The quantitative estimate of drug-likeness (QED) is 0.110. The molecule has 5 heteroatoms. The molecule has 0 atom stereocenters. The van der Waals surface area contributed by atoms with Crippen LogP contribution in [0, 0.1) is 0 Å². The Morgan fingerprint density at radius 3 is 2.33 bits per heavy atom. The van der Waals surface area contributed by atoms with Crippen LogP contribution in [-0.2, 0) is 4.74 Å². The highest BCUT2D eigenvalue weighted by atomic mass is 31.1. The lowest BCUT2D eigenvalue weighted by Gasteiger charge is -2.19. The van der Waals surface area contributed by atoms with Crippen molar-refractivity contribution in [3.05, 3.63) is 71.6 Å². The minimum Gasteiger partial charge on any atom is -0.462 e. The van der Waals surface area contributed by atoms with Crippen molar-refractivity contribution in [2.75, 3.05) is 32.0 Å². The molecule has 1 heterocycles. The molecule has 2 aromatic carbocycles. The zero-order chi connectivity index (χ0) is 25.7. The molecule has 0 bridgehead atoms. The van der Waals surface area contributed by atoms with Gasteiger partial charge in [-0.15, -0.1) is 0 Å². The molecule has 0 unspecified atom stereocenters. The number of rotatable bonds is 9. The summed E-state index contributed by atoms with van der Waals surface area (Å²) in [4.78, 5) is 13.1. The lowest BCUT2D eigenvalue weighted by atomic mass is 9.91. The van der Waals surface area contributed by atoms with Gasteiger partial charge in [0.05, 0.1) is 18.2 Å². The van der Waals surface area contributed by atoms with Crippen LogP contribution < -0.4 is 15.2 Å². The second-order valence-corrected chi connectivity index (χ2v) is 11.7. The van der Waals surface area contributed by atoms with E-state index in [1.165, 1.54) is 5.30 Å². The Morgan fingerprint density at radius 2 is 1.64 bits per heavy atom. The van der Waals surface area contributed by atoms with Gasteiger partial charge in [0, 0.05) is 22.6 Å². The van der Waals surface area contributed by atoms with Gasteiger partial charge in [0.25, 0.3) is 0 Å². The van der Waals surface area contributed by atoms with E-state index in [0.717, 1.165) is 70.6 Å². The summed E-state index contributed by atoms with van der Waals surface area (Å²) in [6.45, 7) is 13.1. The Kier molecular flexibility index (Phi) is 8.59. The Morgan fingerprint density at radius 1 is 0.889 bits per heavy atom. The van der Waals surface area contributed by atoms with E-state index in [0.29, 0.717) is 12.2 Å². The van der Waals surface area contributed by atoms with Gasteiger partial charge in [-0.25, -0.2) is 9.37 Å². The first-order valence-electron chi connectivity index (χ1n) is 13.2. The minimum atomic E-state index is -0.286. The molecule has 0 radical (unpaired) electrons. The Hall–Kier alpha value is -2.97. The summed E-state index contributed by atoms with van der Waals surface area (Å²) >= 11 is 0. The predicted molar refractivity (Wildman–Crippen MR) is 153 cm³/mol. The molecule has 4 rings (SSSR count). The molecular weight excluding hydrogens is 465 g/mol. The maximum atomic E-state index is 13.1. The van der Waals surface area contributed by atoms with Crippen molar-refractivity contribution in [2.24, 2.45) is 0 Å². The van der Waals surface area contributed by atoms with Gasteiger partial charge in [0.2, 0.25) is 5.36 Å². The normalized spacial score (nSPS) is 11.4. The summed E-state index contributed by atoms with van der Waals surface area (Å²) < 4.78 is 14.5. The number of carbonyl (C=O) groups excluding carboxylic acids is 1. The van der Waals surface area contributed by atoms with Crippen molar-refractivity contribution in [2.45, 2.75) is 41.0 Å². The number of ether oxygens (including phenoxy) is 1. The predicted octanol–water partition coefficient (Wildman–Crippen LogP) is 6.73. The van der Waals surface area contributed by atoms with E-state index in [1.807, 2.05) is 31.2 Å². The molecule has 0 saturated heterocycles. The largest absolute Gasteiger partial charge is 0.462 e. The van der Waals surface area contributed by atoms with E-state index in [9.17, 15) is 4.79 Å². The molecule has 1 aliphatic heterocycles. The zero-order valence-electron chi connectivity index (χ0n) is 22.1. The summed E-state index contributed by atoms with van der Waals surface area (Å²) in [6, 6.07) is 20.8. The molecule has 0 N–H and O–H groups in total. The molecule has 188 valence electrons. The van der Waals surface area contributed by atoms with E-state index in [-0.39, 0.29) is 13.9 Å². The maximum Gasteiger partial charge on any atom is 0.338 e. The number of hydrogen-bond donors (Lipinski definition) is 0. The first kappa shape index (κ1) is 26.1. The van der Waals surface area contributed by atoms with Crippen molar-refractivity contribution in [3.63, 3.8) is 0 Å². The summed E-state index contributed by atoms with van der Waals surface area (Å²) in [5, 5.41) is 3.50. The van der Waals surface area contributed by atoms with Crippen molar-refractivity contribution >= 4 is 30.2 Å². The fourth-order valence-corrected chi connectivity index (χ4v) is 6.64. The smallest absolute Gasteiger partial charge is 0.338 e. The van der Waals surface area contributed by atoms with Crippen LogP contribution in [-0.4, -0.2) is 38.0 Å². The zero-order valence-corrected chi connectivity index (χ0v) is 23.0. The van der Waals surface area contributed by atoms with Crippen LogP contribution in [0.15, 0.2) is 65.1 Å². The molecule has 0 aromatic heterocycles. The molecule has 2 aliphatic rings. The van der Waals surface area contributed by atoms with Crippen LogP contribution in [0.4, 0.5) is 0 Å². The molecule has 4 nitrogen and oxygen atoms in total. The number of hydrogen-bond acceptors (Lipinski definition) is 3. The monoisotopic (exact) mass is 502 g/mol. The van der Waals surface area contributed by atoms with Crippen LogP contribution in [0.5, 0.6) is 0 Å². The third-order valence-electron chi connectivity index (χ3n) is 6.80. The fraction of sp³-hybridized carbons (Fsp3) is 0.355. The SMILES string of the molecule is CCCOC(=O)c1ccccc1-c1c2ccc(=[N+](CC)CC)cc-2oc2cc(P(CC)CC)ccc12. The molecule has 1 aliphatic carbocycles. The van der Waals surface area contributed by atoms with E-state index in [1.54, 1.807) is 0 Å². The van der Waals surface area contributed by atoms with Crippen molar-refractivity contribution in [3.8, 4) is 22.5 Å². The number of esters is 1. The van der Waals surface area contributed by atoms with Crippen LogP contribution in [0.1, 0.15) is 51.4 Å². The molecule has 0 amide bonds. The second-order valence-electron chi connectivity index (χ2n) is 8.86. The maximum absolute atomic E-state index is 13.1. The number of nitrogens with zero attached hydrogens (tertiary/aromatic N) is 1. The number of carbonyl (C=O) groups is 1. The Labute approximate surface area is 215 Å². The van der Waals surface area contributed by atoms with E-state index < -0.39 is 0 Å². The van der Waals surface area contributed by atoms with Crippen LogP contribution >= 0.6 is 7.92 Å². The highest BCUT2D eigenvalue weighted by Crippen LogP contribution is 2.42. The van der Waals surface area contributed by atoms with Gasteiger partial charge in [0.1, 0.15) is 24.4 Å². The minimum absolute atomic E-state index is 0.219. The topological polar surface area (TPSA) is 42.5 Å². The van der Waals surface area contributed by atoms with Gasteiger partial charge in [0.15, 0.2) is 0 Å². The average Bonchev–Trinajstić information content (AvgIpc) is 2.91. The third-order valence-corrected chi connectivity index (χ3v) is 9.34. The summed E-state index contributed by atoms with van der Waals surface area (Å²) in [5.74, 6) is 0.541. The molecular formula is C31H37NO3P+. The average molecular weight is 503 g/mol. The first-order valence-corrected chi connectivity index (χ1v) is 14.9. The van der Waals surface area contributed by atoms with E-state index in [2.05, 4.69) is 68.7 Å². The van der Waals surface area contributed by atoms with Crippen LogP contribution in [0.2, 0.25) is 0 Å². The van der Waals surface area contributed by atoms with Crippen LogP contribution in [0.3, 0.4) is 0 Å². The van der Waals surface area contributed by atoms with Gasteiger partial charge >= 0.3 is 5.97 Å². The summed E-state index contributed by atoms with van der Waals surface area (Å²) in [5.41, 5.74) is 4.33. The lowest BCUT2D eigenvalue weighted by Crippen LogP contribution is -2.29. The Balaban J connectivity index is 2.07. The van der Waals surface area contributed by atoms with Crippen molar-refractivity contribution in [1.82, 2.24) is 4.58 Å². The molecule has 0 saturated carbocycles. The standard InChI is InChI=1S/C31H37NO3P/c1-6-19-34-31(33)25-14-12-11-13-24(25)30-26-17-15-22(32(7-2)8-3)20-28(26)35-29-21-23(16-18-27(29)30)36(9-4)10-5/h11-18,20-21H,6-10,19H2,1-5H3/q+1. The van der Waals surface area contributed by atoms with Crippen molar-refractivity contribution in [1.29, 1.82) is 0 Å². The highest BCUT2D eigenvalue weighted by molar-refractivity contribution is 7.65. The Bertz CT molecular complexity index is 1390. The lowest BCUT2D eigenvalue weighted by molar-refractivity contribution is 0.0506. The number of benzene rings is 3. The summed E-state index contributed by atoms with van der Waals surface area (Å²) in [6.07, 6.45) is 3.09. The molecule has 36 heavy (non-hydrogen) atoms. The highest BCUT2D eigenvalue weighted by Gasteiger charge is 2.23. The van der Waals surface area contributed by atoms with Crippen LogP contribution in [0.25, 0.3) is 33.4 Å². The molecule has 0 spiro atoms. The first-order chi connectivity index (χ1) is 17.6. The van der Waals surface area contributed by atoms with Gasteiger partial charge in [-0.2, -0.15) is 0 Å². The second kappa shape index (κ2) is 11.8. The van der Waals surface area contributed by atoms with Gasteiger partial charge in [-0.1, -0.05) is 53.0 Å². The fourth-order valence-electron chi connectivity index (χ4n) is 4.88. The van der Waals surface area contributed by atoms with Gasteiger partial charge in [-0.3, -0.25) is 0 Å². The van der Waals surface area contributed by atoms with Gasteiger partial charge < -0.3 is 9.15 Å².